The van der Waals surface area contributed by atoms with Crippen LogP contribution in [0.3, 0.4) is 0 Å². The molecule has 0 aromatic carbocycles. The molecule has 0 aromatic heterocycles. The van der Waals surface area contributed by atoms with Gasteiger partial charge in [-0.05, 0) is 24.3 Å². The molecule has 12 heavy (non-hydrogen) atoms. The number of hydrogen-bond donors (Lipinski definition) is 1. The summed E-state index contributed by atoms with van der Waals surface area (Å²) in [7, 11) is 0. The summed E-state index contributed by atoms with van der Waals surface area (Å²) in [5.74, 6) is 0.670. The van der Waals surface area contributed by atoms with Crippen LogP contribution < -0.4 is 0 Å². The Hall–Kier alpha value is -0.560. The van der Waals surface area contributed by atoms with Crippen LogP contribution in [0.2, 0.25) is 0 Å². The average Bonchev–Trinajstić information content (AvgIpc) is 2.15. The van der Waals surface area contributed by atoms with Gasteiger partial charge in [-0.25, -0.2) is 0 Å². The SMILES string of the molecule is C=CC(=CCO)C1CCCCC1. The summed E-state index contributed by atoms with van der Waals surface area (Å²) in [6, 6.07) is 0. The smallest absolute Gasteiger partial charge is 0.0618 e. The first-order chi connectivity index (χ1) is 5.88. The number of hydrogen-bond acceptors (Lipinski definition) is 1. The van der Waals surface area contributed by atoms with Crippen LogP contribution in [0.5, 0.6) is 0 Å². The number of aliphatic hydroxyl groups excluding tert-OH is 1. The van der Waals surface area contributed by atoms with E-state index in [9.17, 15) is 0 Å². The molecule has 0 bridgehead atoms. The molecular weight excluding hydrogens is 148 g/mol. The van der Waals surface area contributed by atoms with Crippen molar-refractivity contribution in [2.75, 3.05) is 6.61 Å². The summed E-state index contributed by atoms with van der Waals surface area (Å²) in [6.45, 7) is 3.93. The Morgan fingerprint density at radius 1 is 1.33 bits per heavy atom. The highest BCUT2D eigenvalue weighted by Crippen LogP contribution is 2.29. The van der Waals surface area contributed by atoms with Gasteiger partial charge in [0.05, 0.1) is 6.61 Å². The Morgan fingerprint density at radius 2 is 2.00 bits per heavy atom. The van der Waals surface area contributed by atoms with Crippen LogP contribution in [0.15, 0.2) is 24.3 Å². The van der Waals surface area contributed by atoms with Crippen LogP contribution in [0.25, 0.3) is 0 Å². The first-order valence-electron chi connectivity index (χ1n) is 4.82. The first kappa shape index (κ1) is 9.53. The molecule has 0 atom stereocenters. The van der Waals surface area contributed by atoms with Gasteiger partial charge in [0.25, 0.3) is 0 Å². The summed E-state index contributed by atoms with van der Waals surface area (Å²) < 4.78 is 0. The molecule has 1 N–H and O–H groups in total. The molecule has 0 heterocycles. The lowest BCUT2D eigenvalue weighted by Crippen LogP contribution is -2.08. The van der Waals surface area contributed by atoms with Gasteiger partial charge < -0.3 is 5.11 Å². The van der Waals surface area contributed by atoms with Gasteiger partial charge in [0, 0.05) is 0 Å². The minimum Gasteiger partial charge on any atom is -0.392 e. The number of rotatable bonds is 3. The van der Waals surface area contributed by atoms with Crippen molar-refractivity contribution in [2.45, 2.75) is 32.1 Å². The third-order valence-corrected chi connectivity index (χ3v) is 2.64. The molecule has 0 saturated heterocycles. The standard InChI is InChI=1S/C11H18O/c1-2-10(8-9-12)11-6-4-3-5-7-11/h2,8,11-12H,1,3-7,9H2. The number of aliphatic hydroxyl groups is 1. The predicted octanol–water partition coefficient (Wildman–Crippen LogP) is 2.67. The van der Waals surface area contributed by atoms with Gasteiger partial charge in [0.2, 0.25) is 0 Å². The van der Waals surface area contributed by atoms with Crippen molar-refractivity contribution in [2.24, 2.45) is 5.92 Å². The zero-order chi connectivity index (χ0) is 8.81. The fourth-order valence-corrected chi connectivity index (χ4v) is 1.96. The Bertz CT molecular complexity index is 164. The summed E-state index contributed by atoms with van der Waals surface area (Å²) in [5, 5.41) is 8.77. The minimum atomic E-state index is 0.151. The van der Waals surface area contributed by atoms with Crippen molar-refractivity contribution in [3.05, 3.63) is 24.3 Å². The summed E-state index contributed by atoms with van der Waals surface area (Å²) in [4.78, 5) is 0. The highest BCUT2D eigenvalue weighted by Gasteiger charge is 2.14. The van der Waals surface area contributed by atoms with E-state index in [1.54, 1.807) is 0 Å². The molecule has 1 heteroatoms. The van der Waals surface area contributed by atoms with Crippen LogP contribution in [-0.2, 0) is 0 Å². The molecule has 0 spiro atoms. The Morgan fingerprint density at radius 3 is 2.50 bits per heavy atom. The third-order valence-electron chi connectivity index (χ3n) is 2.64. The molecule has 0 aliphatic heterocycles. The van der Waals surface area contributed by atoms with E-state index in [1.165, 1.54) is 37.7 Å². The van der Waals surface area contributed by atoms with Crippen LogP contribution in [0.4, 0.5) is 0 Å². The molecular formula is C11H18O. The van der Waals surface area contributed by atoms with Crippen molar-refractivity contribution in [1.29, 1.82) is 0 Å². The monoisotopic (exact) mass is 166 g/mol. The molecule has 0 aromatic rings. The summed E-state index contributed by atoms with van der Waals surface area (Å²) >= 11 is 0. The molecule has 0 radical (unpaired) electrons. The molecule has 1 aliphatic rings. The van der Waals surface area contributed by atoms with Crippen LogP contribution in [0.1, 0.15) is 32.1 Å². The minimum absolute atomic E-state index is 0.151. The molecule has 1 nitrogen and oxygen atoms in total. The lowest BCUT2D eigenvalue weighted by atomic mass is 9.83. The number of allylic oxidation sites excluding steroid dienone is 2. The van der Waals surface area contributed by atoms with Gasteiger partial charge in [0.1, 0.15) is 0 Å². The Balaban J connectivity index is 2.51. The maximum atomic E-state index is 8.77. The zero-order valence-corrected chi connectivity index (χ0v) is 7.63. The largest absolute Gasteiger partial charge is 0.392 e. The van der Waals surface area contributed by atoms with E-state index in [4.69, 9.17) is 5.11 Å². The zero-order valence-electron chi connectivity index (χ0n) is 7.63. The molecule has 0 amide bonds. The lowest BCUT2D eigenvalue weighted by Gasteiger charge is -2.22. The van der Waals surface area contributed by atoms with Gasteiger partial charge in [-0.15, -0.1) is 0 Å². The highest BCUT2D eigenvalue weighted by atomic mass is 16.2. The fraction of sp³-hybridized carbons (Fsp3) is 0.636. The van der Waals surface area contributed by atoms with Gasteiger partial charge in [-0.2, -0.15) is 0 Å². The Kier molecular flexibility index (Phi) is 4.09. The van der Waals surface area contributed by atoms with Crippen molar-refractivity contribution in [3.8, 4) is 0 Å². The maximum absolute atomic E-state index is 8.77. The summed E-state index contributed by atoms with van der Waals surface area (Å²) in [5.41, 5.74) is 1.25. The topological polar surface area (TPSA) is 20.2 Å². The quantitative estimate of drug-likeness (QED) is 0.639. The van der Waals surface area contributed by atoms with Crippen molar-refractivity contribution in [1.82, 2.24) is 0 Å². The molecule has 1 fully saturated rings. The van der Waals surface area contributed by atoms with Crippen molar-refractivity contribution in [3.63, 3.8) is 0 Å². The molecule has 0 unspecified atom stereocenters. The first-order valence-corrected chi connectivity index (χ1v) is 4.82. The summed E-state index contributed by atoms with van der Waals surface area (Å²) in [6.07, 6.45) is 10.4. The second-order valence-electron chi connectivity index (χ2n) is 3.43. The van der Waals surface area contributed by atoms with E-state index in [0.717, 1.165) is 0 Å². The van der Waals surface area contributed by atoms with Gasteiger partial charge >= 0.3 is 0 Å². The van der Waals surface area contributed by atoms with E-state index in [-0.39, 0.29) is 6.61 Å². The second-order valence-corrected chi connectivity index (χ2v) is 3.43. The molecule has 1 aliphatic carbocycles. The van der Waals surface area contributed by atoms with E-state index in [1.807, 2.05) is 12.2 Å². The predicted molar refractivity (Wildman–Crippen MR) is 51.9 cm³/mol. The van der Waals surface area contributed by atoms with E-state index in [2.05, 4.69) is 6.58 Å². The van der Waals surface area contributed by atoms with Gasteiger partial charge in [-0.3, -0.25) is 0 Å². The van der Waals surface area contributed by atoms with Crippen LogP contribution in [0, 0.1) is 5.92 Å². The van der Waals surface area contributed by atoms with Crippen molar-refractivity contribution >= 4 is 0 Å². The Labute approximate surface area is 74.8 Å². The highest BCUT2D eigenvalue weighted by molar-refractivity contribution is 5.19. The third kappa shape index (κ3) is 2.49. The van der Waals surface area contributed by atoms with E-state index < -0.39 is 0 Å². The van der Waals surface area contributed by atoms with Crippen molar-refractivity contribution < 1.29 is 5.11 Å². The van der Waals surface area contributed by atoms with E-state index in [0.29, 0.717) is 5.92 Å². The normalized spacial score (nSPS) is 20.9. The fourth-order valence-electron chi connectivity index (χ4n) is 1.96. The second kappa shape index (κ2) is 5.15. The average molecular weight is 166 g/mol. The molecule has 1 saturated carbocycles. The maximum Gasteiger partial charge on any atom is 0.0618 e. The van der Waals surface area contributed by atoms with Crippen LogP contribution in [-0.4, -0.2) is 11.7 Å². The van der Waals surface area contributed by atoms with E-state index >= 15 is 0 Å². The van der Waals surface area contributed by atoms with Gasteiger partial charge in [-0.1, -0.05) is 38.0 Å². The van der Waals surface area contributed by atoms with Crippen LogP contribution >= 0.6 is 0 Å². The molecule has 68 valence electrons. The molecule has 1 rings (SSSR count). The van der Waals surface area contributed by atoms with Gasteiger partial charge in [0.15, 0.2) is 0 Å². The lowest BCUT2D eigenvalue weighted by molar-refractivity contribution is 0.338.